The van der Waals surface area contributed by atoms with Gasteiger partial charge in [-0.3, -0.25) is 9.35 Å². The van der Waals surface area contributed by atoms with Crippen LogP contribution in [0.3, 0.4) is 0 Å². The third-order valence-electron chi connectivity index (χ3n) is 8.61. The zero-order chi connectivity index (χ0) is 34.0. The molecule has 0 aromatic rings. The number of carbonyl (C=O) groups is 1. The number of hydrogen-bond acceptors (Lipinski definition) is 4. The van der Waals surface area contributed by atoms with Gasteiger partial charge in [-0.2, -0.15) is 8.42 Å². The highest BCUT2D eigenvalue weighted by atomic mass is 32.2. The Morgan fingerprint density at radius 3 is 1.54 bits per heavy atom. The van der Waals surface area contributed by atoms with Crippen LogP contribution < -0.4 is 5.32 Å². The van der Waals surface area contributed by atoms with Gasteiger partial charge < -0.3 is 10.4 Å². The first kappa shape index (κ1) is 44.6. The van der Waals surface area contributed by atoms with Crippen molar-refractivity contribution >= 4 is 16.0 Å². The zero-order valence-electron chi connectivity index (χ0n) is 29.9. The summed E-state index contributed by atoms with van der Waals surface area (Å²) < 4.78 is 32.5. The maximum atomic E-state index is 12.5. The Morgan fingerprint density at radius 2 is 1.04 bits per heavy atom. The quantitative estimate of drug-likeness (QED) is 0.0360. The third kappa shape index (κ3) is 33.9. The minimum absolute atomic E-state index is 0.263. The molecule has 0 saturated heterocycles. The minimum Gasteiger partial charge on any atom is -0.391 e. The predicted octanol–water partition coefficient (Wildman–Crippen LogP) is 11.0. The summed E-state index contributed by atoms with van der Waals surface area (Å²) in [7, 11) is -4.31. The van der Waals surface area contributed by atoms with Crippen LogP contribution in [0.15, 0.2) is 36.5 Å². The van der Waals surface area contributed by atoms with Crippen molar-refractivity contribution in [3.8, 4) is 0 Å². The van der Waals surface area contributed by atoms with Crippen molar-refractivity contribution in [3.05, 3.63) is 36.5 Å². The van der Waals surface area contributed by atoms with Gasteiger partial charge in [0.05, 0.1) is 17.9 Å². The van der Waals surface area contributed by atoms with E-state index in [1.165, 1.54) is 83.5 Å². The van der Waals surface area contributed by atoms with E-state index in [1.807, 2.05) is 0 Å². The summed E-state index contributed by atoms with van der Waals surface area (Å²) in [5.41, 5.74) is 0. The average Bonchev–Trinajstić information content (AvgIpc) is 3.01. The summed E-state index contributed by atoms with van der Waals surface area (Å²) in [6, 6.07) is -0.978. The number of nitrogens with one attached hydrogen (secondary N) is 1. The van der Waals surface area contributed by atoms with Gasteiger partial charge in [0, 0.05) is 6.42 Å². The Kier molecular flexibility index (Phi) is 32.4. The number of aliphatic hydroxyl groups is 1. The van der Waals surface area contributed by atoms with Crippen molar-refractivity contribution in [2.45, 2.75) is 199 Å². The van der Waals surface area contributed by atoms with Crippen molar-refractivity contribution in [2.75, 3.05) is 5.75 Å². The lowest BCUT2D eigenvalue weighted by Gasteiger charge is -2.23. The standard InChI is InChI=1S/C39H73NO5S/c1-3-5-7-9-11-13-15-17-19-21-22-24-26-28-30-32-34-38(41)37(36-46(43,44)45)40-39(42)35-33-31-29-27-25-23-20-18-16-14-12-10-8-6-4-2/h6,8,12,14,18,20,37-38,41H,3-5,7,9-11,13,15-17,19,21-36H2,1-2H3,(H,40,42)(H,43,44,45)/b8-6-,14-12-,20-18-. The maximum Gasteiger partial charge on any atom is 0.266 e. The lowest BCUT2D eigenvalue weighted by molar-refractivity contribution is -0.122. The molecule has 0 aliphatic carbocycles. The Labute approximate surface area is 285 Å². The van der Waals surface area contributed by atoms with Crippen LogP contribution in [0.2, 0.25) is 0 Å². The molecule has 0 radical (unpaired) electrons. The van der Waals surface area contributed by atoms with Gasteiger partial charge in [0.1, 0.15) is 0 Å². The minimum atomic E-state index is -4.31. The van der Waals surface area contributed by atoms with E-state index < -0.39 is 28.0 Å². The number of allylic oxidation sites excluding steroid dienone is 6. The first-order valence-electron chi connectivity index (χ1n) is 19.2. The number of aliphatic hydroxyl groups excluding tert-OH is 1. The van der Waals surface area contributed by atoms with Crippen LogP contribution in [0.4, 0.5) is 0 Å². The molecule has 0 aliphatic rings. The van der Waals surface area contributed by atoms with E-state index in [2.05, 4.69) is 55.6 Å². The number of rotatable bonds is 34. The van der Waals surface area contributed by atoms with Crippen LogP contribution in [0, 0.1) is 0 Å². The SMILES string of the molecule is CC/C=C\C/C=C\C/C=C\CCCCCCCC(=O)NC(CS(=O)(=O)O)C(O)CCCCCCCCCCCCCCCCCC. The van der Waals surface area contributed by atoms with Crippen LogP contribution in [-0.2, 0) is 14.9 Å². The van der Waals surface area contributed by atoms with Gasteiger partial charge in [-0.05, 0) is 44.9 Å². The highest BCUT2D eigenvalue weighted by Gasteiger charge is 2.26. The first-order chi connectivity index (χ1) is 22.3. The highest BCUT2D eigenvalue weighted by Crippen LogP contribution is 2.16. The van der Waals surface area contributed by atoms with Crippen molar-refractivity contribution < 1.29 is 22.9 Å². The summed E-state index contributed by atoms with van der Waals surface area (Å²) >= 11 is 0. The number of carbonyl (C=O) groups excluding carboxylic acids is 1. The molecule has 0 aromatic carbocycles. The molecule has 0 saturated carbocycles. The number of unbranched alkanes of at least 4 members (excludes halogenated alkanes) is 20. The van der Waals surface area contributed by atoms with E-state index in [9.17, 15) is 22.9 Å². The molecule has 0 spiro atoms. The average molecular weight is 668 g/mol. The smallest absolute Gasteiger partial charge is 0.266 e. The summed E-state index contributed by atoms with van der Waals surface area (Å²) in [6.45, 7) is 4.40. The molecule has 46 heavy (non-hydrogen) atoms. The fraction of sp³-hybridized carbons (Fsp3) is 0.821. The third-order valence-corrected chi connectivity index (χ3v) is 9.39. The summed E-state index contributed by atoms with van der Waals surface area (Å²) in [6.07, 6.45) is 42.3. The molecule has 0 fully saturated rings. The number of amides is 1. The van der Waals surface area contributed by atoms with Crippen LogP contribution in [0.5, 0.6) is 0 Å². The van der Waals surface area contributed by atoms with Gasteiger partial charge in [-0.15, -0.1) is 0 Å². The molecule has 7 heteroatoms. The van der Waals surface area contributed by atoms with Crippen molar-refractivity contribution in [1.82, 2.24) is 5.32 Å². The molecular formula is C39H73NO5S. The van der Waals surface area contributed by atoms with Crippen molar-refractivity contribution in [3.63, 3.8) is 0 Å². The number of hydrogen-bond donors (Lipinski definition) is 3. The van der Waals surface area contributed by atoms with Crippen LogP contribution in [0.1, 0.15) is 187 Å². The lowest BCUT2D eigenvalue weighted by Crippen LogP contribution is -2.47. The fourth-order valence-electron chi connectivity index (χ4n) is 5.76. The van der Waals surface area contributed by atoms with E-state index >= 15 is 0 Å². The molecule has 1 amide bonds. The first-order valence-corrected chi connectivity index (χ1v) is 20.8. The molecule has 0 aliphatic heterocycles. The molecule has 270 valence electrons. The zero-order valence-corrected chi connectivity index (χ0v) is 30.8. The Balaban J connectivity index is 3.93. The second-order valence-electron chi connectivity index (χ2n) is 13.2. The normalized spacial score (nSPS) is 13.7. The van der Waals surface area contributed by atoms with E-state index in [1.54, 1.807) is 0 Å². The van der Waals surface area contributed by atoms with Crippen molar-refractivity contribution in [2.24, 2.45) is 0 Å². The molecule has 0 heterocycles. The summed E-state index contributed by atoms with van der Waals surface area (Å²) in [5, 5.41) is 13.3. The monoisotopic (exact) mass is 668 g/mol. The molecule has 3 N–H and O–H groups in total. The second-order valence-corrected chi connectivity index (χ2v) is 14.7. The largest absolute Gasteiger partial charge is 0.391 e. The van der Waals surface area contributed by atoms with Gasteiger partial charge >= 0.3 is 0 Å². The van der Waals surface area contributed by atoms with E-state index in [0.29, 0.717) is 12.8 Å². The molecule has 0 aromatic heterocycles. The Bertz CT molecular complexity index is 868. The van der Waals surface area contributed by atoms with E-state index in [-0.39, 0.29) is 5.91 Å². The molecule has 2 atom stereocenters. The van der Waals surface area contributed by atoms with Crippen LogP contribution in [0.25, 0.3) is 0 Å². The van der Waals surface area contributed by atoms with Gasteiger partial charge in [0.15, 0.2) is 0 Å². The predicted molar refractivity (Wildman–Crippen MR) is 198 cm³/mol. The topological polar surface area (TPSA) is 104 Å². The maximum absolute atomic E-state index is 12.5. The summed E-state index contributed by atoms with van der Waals surface area (Å²) in [5.74, 6) is -0.918. The molecule has 6 nitrogen and oxygen atoms in total. The molecule has 0 bridgehead atoms. The van der Waals surface area contributed by atoms with Gasteiger partial charge in [0.2, 0.25) is 5.91 Å². The Hall–Kier alpha value is -1.44. The van der Waals surface area contributed by atoms with E-state index in [0.717, 1.165) is 77.0 Å². The van der Waals surface area contributed by atoms with Gasteiger partial charge in [0.25, 0.3) is 10.1 Å². The lowest BCUT2D eigenvalue weighted by atomic mass is 10.0. The Morgan fingerprint density at radius 1 is 0.609 bits per heavy atom. The van der Waals surface area contributed by atoms with Gasteiger partial charge in [-0.1, -0.05) is 172 Å². The van der Waals surface area contributed by atoms with Crippen LogP contribution in [-0.4, -0.2) is 41.9 Å². The molecule has 2 unspecified atom stereocenters. The molecule has 0 rings (SSSR count). The van der Waals surface area contributed by atoms with Gasteiger partial charge in [-0.25, -0.2) is 0 Å². The fourth-order valence-corrected chi connectivity index (χ4v) is 6.52. The highest BCUT2D eigenvalue weighted by molar-refractivity contribution is 7.85. The van der Waals surface area contributed by atoms with Crippen molar-refractivity contribution in [1.29, 1.82) is 0 Å². The van der Waals surface area contributed by atoms with Crippen LogP contribution >= 0.6 is 0 Å². The second kappa shape index (κ2) is 33.5. The van der Waals surface area contributed by atoms with E-state index in [4.69, 9.17) is 0 Å². The molecular weight excluding hydrogens is 594 g/mol. The summed E-state index contributed by atoms with van der Waals surface area (Å²) in [4.78, 5) is 12.5.